The zero-order valence-electron chi connectivity index (χ0n) is 9.52. The van der Waals surface area contributed by atoms with Crippen LogP contribution in [0.25, 0.3) is 0 Å². The highest BCUT2D eigenvalue weighted by Gasteiger charge is 2.26. The second-order valence-electron chi connectivity index (χ2n) is 4.38. The standard InChI is InChI=1S/C13H17NO2/c1-10(15)14-7-3-5-12(14)8-11-4-2-6-13(16)9-11/h2,4,6,9,12,16H,3,5,7-8H2,1H3. The van der Waals surface area contributed by atoms with E-state index in [0.717, 1.165) is 31.4 Å². The van der Waals surface area contributed by atoms with Gasteiger partial charge in [-0.2, -0.15) is 0 Å². The van der Waals surface area contributed by atoms with E-state index in [9.17, 15) is 9.90 Å². The van der Waals surface area contributed by atoms with Gasteiger partial charge in [0.05, 0.1) is 0 Å². The molecule has 3 heteroatoms. The lowest BCUT2D eigenvalue weighted by Gasteiger charge is -2.23. The van der Waals surface area contributed by atoms with Crippen molar-refractivity contribution in [1.82, 2.24) is 4.90 Å². The zero-order chi connectivity index (χ0) is 11.5. The molecule has 86 valence electrons. The van der Waals surface area contributed by atoms with Crippen LogP contribution in [0.5, 0.6) is 5.75 Å². The van der Waals surface area contributed by atoms with Gasteiger partial charge in [-0.25, -0.2) is 0 Å². The molecule has 1 unspecified atom stereocenters. The van der Waals surface area contributed by atoms with Crippen molar-refractivity contribution in [3.63, 3.8) is 0 Å². The van der Waals surface area contributed by atoms with Crippen LogP contribution in [0.15, 0.2) is 24.3 Å². The number of carbonyl (C=O) groups is 1. The number of hydrogen-bond donors (Lipinski definition) is 1. The summed E-state index contributed by atoms with van der Waals surface area (Å²) < 4.78 is 0. The molecule has 3 nitrogen and oxygen atoms in total. The molecule has 16 heavy (non-hydrogen) atoms. The summed E-state index contributed by atoms with van der Waals surface area (Å²) in [6, 6.07) is 7.59. The highest BCUT2D eigenvalue weighted by Crippen LogP contribution is 2.22. The number of phenols is 1. The number of amides is 1. The Morgan fingerprint density at radius 1 is 1.56 bits per heavy atom. The average Bonchev–Trinajstić information content (AvgIpc) is 2.66. The van der Waals surface area contributed by atoms with Crippen LogP contribution >= 0.6 is 0 Å². The molecule has 0 aliphatic carbocycles. The molecule has 0 bridgehead atoms. The number of likely N-dealkylation sites (tertiary alicyclic amines) is 1. The Bertz CT molecular complexity index is 389. The molecule has 1 atom stereocenters. The van der Waals surface area contributed by atoms with Crippen LogP contribution in [0, 0.1) is 0 Å². The Morgan fingerprint density at radius 3 is 3.06 bits per heavy atom. The normalized spacial score (nSPS) is 20.1. The van der Waals surface area contributed by atoms with Crippen LogP contribution in [-0.4, -0.2) is 28.5 Å². The molecule has 1 fully saturated rings. The lowest BCUT2D eigenvalue weighted by Crippen LogP contribution is -2.34. The number of phenolic OH excluding ortho intramolecular Hbond substituents is 1. The van der Waals surface area contributed by atoms with E-state index in [1.165, 1.54) is 0 Å². The Morgan fingerprint density at radius 2 is 2.38 bits per heavy atom. The van der Waals surface area contributed by atoms with Gasteiger partial charge in [0.1, 0.15) is 5.75 Å². The van der Waals surface area contributed by atoms with Crippen LogP contribution in [0.3, 0.4) is 0 Å². The lowest BCUT2D eigenvalue weighted by atomic mass is 10.0. The number of aromatic hydroxyl groups is 1. The van der Waals surface area contributed by atoms with Gasteiger partial charge in [0.2, 0.25) is 5.91 Å². The molecular formula is C13H17NO2. The number of nitrogens with zero attached hydrogens (tertiary/aromatic N) is 1. The van der Waals surface area contributed by atoms with Crippen molar-refractivity contribution < 1.29 is 9.90 Å². The lowest BCUT2D eigenvalue weighted by molar-refractivity contribution is -0.129. The van der Waals surface area contributed by atoms with E-state index in [1.54, 1.807) is 19.1 Å². The Kier molecular flexibility index (Phi) is 3.13. The first-order chi connectivity index (χ1) is 7.66. The molecule has 0 saturated carbocycles. The maximum atomic E-state index is 11.4. The van der Waals surface area contributed by atoms with E-state index in [2.05, 4.69) is 0 Å². The third-order valence-electron chi connectivity index (χ3n) is 3.16. The SMILES string of the molecule is CC(=O)N1CCCC1Cc1cccc(O)c1. The average molecular weight is 219 g/mol. The summed E-state index contributed by atoms with van der Waals surface area (Å²) in [4.78, 5) is 13.3. The molecule has 1 aromatic carbocycles. The van der Waals surface area contributed by atoms with Crippen molar-refractivity contribution in [1.29, 1.82) is 0 Å². The highest BCUT2D eigenvalue weighted by molar-refractivity contribution is 5.73. The molecule has 1 saturated heterocycles. The van der Waals surface area contributed by atoms with Gasteiger partial charge >= 0.3 is 0 Å². The fourth-order valence-corrected chi connectivity index (χ4v) is 2.42. The van der Waals surface area contributed by atoms with Crippen molar-refractivity contribution in [3.05, 3.63) is 29.8 Å². The van der Waals surface area contributed by atoms with Crippen molar-refractivity contribution >= 4 is 5.91 Å². The summed E-state index contributed by atoms with van der Waals surface area (Å²) in [5, 5.41) is 9.38. The molecule has 2 rings (SSSR count). The summed E-state index contributed by atoms with van der Waals surface area (Å²) in [7, 11) is 0. The van der Waals surface area contributed by atoms with Gasteiger partial charge in [0, 0.05) is 19.5 Å². The topological polar surface area (TPSA) is 40.5 Å². The minimum atomic E-state index is 0.155. The van der Waals surface area contributed by atoms with Crippen molar-refractivity contribution in [2.24, 2.45) is 0 Å². The number of carbonyl (C=O) groups excluding carboxylic acids is 1. The third kappa shape index (κ3) is 2.35. The predicted molar refractivity (Wildman–Crippen MR) is 62.2 cm³/mol. The van der Waals surface area contributed by atoms with Gasteiger partial charge in [-0.1, -0.05) is 12.1 Å². The Labute approximate surface area is 95.7 Å². The van der Waals surface area contributed by atoms with Crippen LogP contribution in [0.1, 0.15) is 25.3 Å². The summed E-state index contributed by atoms with van der Waals surface area (Å²) >= 11 is 0. The Hall–Kier alpha value is -1.51. The maximum Gasteiger partial charge on any atom is 0.219 e. The predicted octanol–water partition coefficient (Wildman–Crippen LogP) is 1.95. The van der Waals surface area contributed by atoms with Crippen LogP contribution in [-0.2, 0) is 11.2 Å². The van der Waals surface area contributed by atoms with Crippen LogP contribution < -0.4 is 0 Å². The maximum absolute atomic E-state index is 11.4. The molecule has 1 aromatic rings. The van der Waals surface area contributed by atoms with Crippen LogP contribution in [0.4, 0.5) is 0 Å². The zero-order valence-corrected chi connectivity index (χ0v) is 9.52. The van der Waals surface area contributed by atoms with E-state index in [0.29, 0.717) is 11.8 Å². The number of hydrogen-bond acceptors (Lipinski definition) is 2. The summed E-state index contributed by atoms with van der Waals surface area (Å²) in [6.07, 6.45) is 2.99. The number of rotatable bonds is 2. The second kappa shape index (κ2) is 4.56. The summed E-state index contributed by atoms with van der Waals surface area (Å²) in [5.74, 6) is 0.451. The van der Waals surface area contributed by atoms with Gasteiger partial charge in [-0.15, -0.1) is 0 Å². The summed E-state index contributed by atoms with van der Waals surface area (Å²) in [5.41, 5.74) is 1.10. The fraction of sp³-hybridized carbons (Fsp3) is 0.462. The molecule has 1 heterocycles. The van der Waals surface area contributed by atoms with Gasteiger partial charge in [-0.3, -0.25) is 4.79 Å². The molecule has 1 N–H and O–H groups in total. The molecule has 1 aliphatic heterocycles. The van der Waals surface area contributed by atoms with Crippen molar-refractivity contribution in [3.8, 4) is 5.75 Å². The van der Waals surface area contributed by atoms with E-state index in [1.807, 2.05) is 17.0 Å². The van der Waals surface area contributed by atoms with Gasteiger partial charge in [0.25, 0.3) is 0 Å². The first-order valence-electron chi connectivity index (χ1n) is 5.72. The monoisotopic (exact) mass is 219 g/mol. The largest absolute Gasteiger partial charge is 0.508 e. The molecule has 1 amide bonds. The Balaban J connectivity index is 2.06. The van der Waals surface area contributed by atoms with Gasteiger partial charge < -0.3 is 10.0 Å². The van der Waals surface area contributed by atoms with Crippen molar-refractivity contribution in [2.45, 2.75) is 32.2 Å². The summed E-state index contributed by atoms with van der Waals surface area (Å²) in [6.45, 7) is 2.50. The molecule has 0 spiro atoms. The first-order valence-corrected chi connectivity index (χ1v) is 5.72. The highest BCUT2D eigenvalue weighted by atomic mass is 16.3. The minimum Gasteiger partial charge on any atom is -0.508 e. The van der Waals surface area contributed by atoms with E-state index in [4.69, 9.17) is 0 Å². The van der Waals surface area contributed by atoms with E-state index < -0.39 is 0 Å². The second-order valence-corrected chi connectivity index (χ2v) is 4.38. The van der Waals surface area contributed by atoms with Gasteiger partial charge in [-0.05, 0) is 37.0 Å². The quantitative estimate of drug-likeness (QED) is 0.825. The number of benzene rings is 1. The van der Waals surface area contributed by atoms with E-state index in [-0.39, 0.29) is 5.91 Å². The third-order valence-corrected chi connectivity index (χ3v) is 3.16. The van der Waals surface area contributed by atoms with E-state index >= 15 is 0 Å². The molecule has 0 radical (unpaired) electrons. The smallest absolute Gasteiger partial charge is 0.219 e. The van der Waals surface area contributed by atoms with Gasteiger partial charge in [0.15, 0.2) is 0 Å². The van der Waals surface area contributed by atoms with Crippen molar-refractivity contribution in [2.75, 3.05) is 6.54 Å². The van der Waals surface area contributed by atoms with Crippen LogP contribution in [0.2, 0.25) is 0 Å². The first kappa shape index (κ1) is 11.0. The molecular weight excluding hydrogens is 202 g/mol. The minimum absolute atomic E-state index is 0.155. The molecule has 0 aromatic heterocycles. The fourth-order valence-electron chi connectivity index (χ4n) is 2.42. The molecule has 1 aliphatic rings.